The highest BCUT2D eigenvalue weighted by Crippen LogP contribution is 2.12. The van der Waals surface area contributed by atoms with Gasteiger partial charge in [-0.05, 0) is 5.41 Å². The lowest BCUT2D eigenvalue weighted by atomic mass is 10.4. The van der Waals surface area contributed by atoms with Crippen LogP contribution in [0.4, 0.5) is 0 Å². The monoisotopic (exact) mass is 127 g/mol. The van der Waals surface area contributed by atoms with Crippen molar-refractivity contribution in [2.24, 2.45) is 4.99 Å². The van der Waals surface area contributed by atoms with E-state index in [1.54, 1.807) is 0 Å². The summed E-state index contributed by atoms with van der Waals surface area (Å²) in [7, 11) is 0. The van der Waals surface area contributed by atoms with Gasteiger partial charge in [-0.3, -0.25) is 4.99 Å². The minimum Gasteiger partial charge on any atom is -0.506 e. The molecule has 1 heterocycles. The third kappa shape index (κ3) is 0.767. The van der Waals surface area contributed by atoms with Crippen molar-refractivity contribution in [3.05, 3.63) is 22.9 Å². The number of hydrogen-bond acceptors (Lipinski definition) is 3. The van der Waals surface area contributed by atoms with Crippen molar-refractivity contribution in [1.29, 1.82) is 0 Å². The Kier molecular flexibility index (Phi) is 1.39. The Hall–Kier alpha value is -0.700. The molecule has 0 saturated heterocycles. The van der Waals surface area contributed by atoms with E-state index >= 15 is 0 Å². The minimum absolute atomic E-state index is 0.181. The summed E-state index contributed by atoms with van der Waals surface area (Å²) in [5.74, 6) is 0.181. The Balaban J connectivity index is 2.88. The summed E-state index contributed by atoms with van der Waals surface area (Å²) in [6.07, 6.45) is 3.04. The number of aliphatic imine (C=N–C) groups is 1. The zero-order valence-corrected chi connectivity index (χ0v) is 4.97. The Bertz CT molecular complexity index is 181. The zero-order chi connectivity index (χ0) is 5.98. The molecule has 0 aromatic heterocycles. The molecule has 1 rings (SSSR count). The number of aliphatic hydroxyl groups excluding tert-OH is 1. The van der Waals surface area contributed by atoms with E-state index in [0.29, 0.717) is 5.70 Å². The molecule has 1 aliphatic rings. The van der Waals surface area contributed by atoms with Gasteiger partial charge in [0.15, 0.2) is 0 Å². The molecule has 1 aliphatic heterocycles. The van der Waals surface area contributed by atoms with Gasteiger partial charge in [0.05, 0.1) is 0 Å². The summed E-state index contributed by atoms with van der Waals surface area (Å²) in [4.78, 5) is 3.75. The quantitative estimate of drug-likeness (QED) is 0.472. The molecule has 0 bridgehead atoms. The molecule has 0 aliphatic carbocycles. The number of rotatable bonds is 0. The van der Waals surface area contributed by atoms with Crippen LogP contribution in [0.2, 0.25) is 0 Å². The van der Waals surface area contributed by atoms with Gasteiger partial charge in [-0.2, -0.15) is 0 Å². The molecule has 0 radical (unpaired) electrons. The third-order valence-electron chi connectivity index (χ3n) is 0.831. The van der Waals surface area contributed by atoms with Crippen molar-refractivity contribution < 1.29 is 5.11 Å². The molecule has 3 heteroatoms. The molecule has 0 saturated carbocycles. The average Bonchev–Trinajstić information content (AvgIpc) is 2.14. The number of aliphatic hydroxyl groups is 1. The molecule has 8 heavy (non-hydrogen) atoms. The van der Waals surface area contributed by atoms with E-state index in [0.717, 1.165) is 0 Å². The van der Waals surface area contributed by atoms with Crippen LogP contribution in [-0.4, -0.2) is 11.3 Å². The lowest BCUT2D eigenvalue weighted by Crippen LogP contribution is -1.75. The standard InChI is InChI=1S/C5H5NOS/c7-5-1-2-6-4(5)3-8/h1-3,7-8H/b4-3-. The highest BCUT2D eigenvalue weighted by Gasteiger charge is 2.01. The van der Waals surface area contributed by atoms with Gasteiger partial charge >= 0.3 is 0 Å². The molecule has 0 aromatic rings. The fraction of sp³-hybridized carbons (Fsp3) is 0. The summed E-state index contributed by atoms with van der Waals surface area (Å²) in [5, 5.41) is 10.3. The van der Waals surface area contributed by atoms with Crippen LogP contribution < -0.4 is 0 Å². The van der Waals surface area contributed by atoms with Crippen LogP contribution in [0.5, 0.6) is 0 Å². The smallest absolute Gasteiger partial charge is 0.143 e. The second-order valence-electron chi connectivity index (χ2n) is 1.34. The Morgan fingerprint density at radius 1 is 1.75 bits per heavy atom. The van der Waals surface area contributed by atoms with Gasteiger partial charge in [-0.1, -0.05) is 0 Å². The van der Waals surface area contributed by atoms with Crippen LogP contribution in [0, 0.1) is 0 Å². The van der Waals surface area contributed by atoms with E-state index in [9.17, 15) is 0 Å². The van der Waals surface area contributed by atoms with Gasteiger partial charge in [0.1, 0.15) is 11.5 Å². The van der Waals surface area contributed by atoms with Crippen molar-refractivity contribution >= 4 is 18.8 Å². The molecule has 0 unspecified atom stereocenters. The topological polar surface area (TPSA) is 32.6 Å². The van der Waals surface area contributed by atoms with Gasteiger partial charge in [-0.15, -0.1) is 12.6 Å². The number of allylic oxidation sites excluding steroid dienone is 1. The highest BCUT2D eigenvalue weighted by atomic mass is 32.1. The summed E-state index contributed by atoms with van der Waals surface area (Å²) < 4.78 is 0. The second kappa shape index (κ2) is 2.05. The Labute approximate surface area is 52.7 Å². The zero-order valence-electron chi connectivity index (χ0n) is 4.07. The van der Waals surface area contributed by atoms with Crippen molar-refractivity contribution in [3.63, 3.8) is 0 Å². The number of hydrogen-bond donors (Lipinski definition) is 2. The van der Waals surface area contributed by atoms with Crippen LogP contribution in [-0.2, 0) is 0 Å². The molecule has 0 amide bonds. The van der Waals surface area contributed by atoms with E-state index in [-0.39, 0.29) is 5.76 Å². The van der Waals surface area contributed by atoms with E-state index in [4.69, 9.17) is 5.11 Å². The van der Waals surface area contributed by atoms with Crippen molar-refractivity contribution in [3.8, 4) is 0 Å². The number of nitrogens with zero attached hydrogens (tertiary/aromatic N) is 1. The lowest BCUT2D eigenvalue weighted by Gasteiger charge is -1.87. The fourth-order valence-corrected chi connectivity index (χ4v) is 0.638. The van der Waals surface area contributed by atoms with Crippen molar-refractivity contribution in [1.82, 2.24) is 0 Å². The molecule has 0 aromatic carbocycles. The summed E-state index contributed by atoms with van der Waals surface area (Å²) in [5.41, 5.74) is 0.522. The van der Waals surface area contributed by atoms with E-state index in [2.05, 4.69) is 17.6 Å². The van der Waals surface area contributed by atoms with Crippen LogP contribution in [0.15, 0.2) is 27.9 Å². The van der Waals surface area contributed by atoms with Crippen LogP contribution in [0.3, 0.4) is 0 Å². The van der Waals surface area contributed by atoms with Crippen LogP contribution >= 0.6 is 12.6 Å². The van der Waals surface area contributed by atoms with Crippen LogP contribution in [0.25, 0.3) is 0 Å². The SMILES string of the molecule is OC1=CC=N/C1=C\S. The fourth-order valence-electron chi connectivity index (χ4n) is 0.439. The summed E-state index contributed by atoms with van der Waals surface area (Å²) in [6, 6.07) is 0. The van der Waals surface area contributed by atoms with Crippen molar-refractivity contribution in [2.45, 2.75) is 0 Å². The molecule has 2 nitrogen and oxygen atoms in total. The number of thiol groups is 1. The Morgan fingerprint density at radius 2 is 2.50 bits per heavy atom. The molecule has 0 spiro atoms. The predicted molar refractivity (Wildman–Crippen MR) is 36.3 cm³/mol. The van der Waals surface area contributed by atoms with Gasteiger partial charge in [0.25, 0.3) is 0 Å². The maximum absolute atomic E-state index is 8.81. The molecule has 0 atom stereocenters. The van der Waals surface area contributed by atoms with Crippen molar-refractivity contribution in [2.75, 3.05) is 0 Å². The highest BCUT2D eigenvalue weighted by molar-refractivity contribution is 7.83. The molecule has 1 N–H and O–H groups in total. The lowest BCUT2D eigenvalue weighted by molar-refractivity contribution is 0.426. The van der Waals surface area contributed by atoms with E-state index in [1.807, 2.05) is 0 Å². The van der Waals surface area contributed by atoms with E-state index < -0.39 is 0 Å². The van der Waals surface area contributed by atoms with Gasteiger partial charge in [0, 0.05) is 12.3 Å². The first-order chi connectivity index (χ1) is 3.84. The average molecular weight is 127 g/mol. The molecule has 0 fully saturated rings. The summed E-state index contributed by atoms with van der Waals surface area (Å²) >= 11 is 3.80. The summed E-state index contributed by atoms with van der Waals surface area (Å²) in [6.45, 7) is 0. The first-order valence-corrected chi connectivity index (χ1v) is 2.64. The van der Waals surface area contributed by atoms with E-state index in [1.165, 1.54) is 17.7 Å². The molecular weight excluding hydrogens is 122 g/mol. The largest absolute Gasteiger partial charge is 0.506 e. The maximum Gasteiger partial charge on any atom is 0.143 e. The third-order valence-corrected chi connectivity index (χ3v) is 1.08. The molecular formula is C5H5NOS. The molecule has 42 valence electrons. The normalized spacial score (nSPS) is 22.1. The Morgan fingerprint density at radius 3 is 2.75 bits per heavy atom. The maximum atomic E-state index is 8.81. The minimum atomic E-state index is 0.181. The first kappa shape index (κ1) is 5.44. The van der Waals surface area contributed by atoms with Gasteiger partial charge < -0.3 is 5.11 Å². The predicted octanol–water partition coefficient (Wildman–Crippen LogP) is 1.28. The van der Waals surface area contributed by atoms with Gasteiger partial charge in [-0.25, -0.2) is 0 Å². The van der Waals surface area contributed by atoms with Gasteiger partial charge in [0.2, 0.25) is 0 Å². The first-order valence-electron chi connectivity index (χ1n) is 2.12. The second-order valence-corrected chi connectivity index (χ2v) is 1.60. The van der Waals surface area contributed by atoms with Crippen LogP contribution in [0.1, 0.15) is 0 Å².